The summed E-state index contributed by atoms with van der Waals surface area (Å²) in [6.07, 6.45) is 4.57. The zero-order chi connectivity index (χ0) is 20.5. The van der Waals surface area contributed by atoms with Crippen molar-refractivity contribution in [2.45, 2.75) is 31.2 Å². The van der Waals surface area contributed by atoms with Crippen LogP contribution in [0.4, 0.5) is 13.2 Å². The topological polar surface area (TPSA) is 32.3 Å². The molecule has 3 atom stereocenters. The molecule has 7 heteroatoms. The summed E-state index contributed by atoms with van der Waals surface area (Å²) in [7, 11) is 0. The monoisotopic (exact) mass is 420 g/mol. The van der Waals surface area contributed by atoms with Gasteiger partial charge in [0.2, 0.25) is 5.91 Å². The van der Waals surface area contributed by atoms with E-state index in [1.54, 1.807) is 18.0 Å². The number of rotatable bonds is 5. The smallest absolute Gasteiger partial charge is 0.226 e. The molecule has 3 nitrogen and oxygen atoms in total. The number of halogens is 3. The lowest BCUT2D eigenvalue weighted by Gasteiger charge is -2.33. The van der Waals surface area contributed by atoms with E-state index in [1.807, 2.05) is 11.2 Å². The second-order valence-corrected chi connectivity index (χ2v) is 8.37. The molecule has 1 amide bonds. The first-order valence-electron chi connectivity index (χ1n) is 9.80. The molecule has 154 valence electrons. The molecule has 1 N–H and O–H groups in total. The van der Waals surface area contributed by atoms with E-state index in [1.165, 1.54) is 12.1 Å². The minimum Gasteiger partial charge on any atom is -0.341 e. The minimum absolute atomic E-state index is 0.0758. The average Bonchev–Trinajstić information content (AvgIpc) is 3.48. The number of carbonyl (C=O) groups is 1. The van der Waals surface area contributed by atoms with Crippen LogP contribution in [-0.2, 0) is 4.79 Å². The zero-order valence-corrected chi connectivity index (χ0v) is 16.9. The van der Waals surface area contributed by atoms with Gasteiger partial charge in [0.25, 0.3) is 0 Å². The standard InChI is InChI=1S/C22H23F3N2OS/c1-29-26-14-4-3-9-27(12-14)22(28)18-11-16(18)15-8-7-13(23)10-17(15)21-19(24)5-2-6-20(21)25/h2,5-8,10,14,16,18,26H,3-4,9,11-12H2,1H3. The van der Waals surface area contributed by atoms with Crippen LogP contribution in [0.3, 0.4) is 0 Å². The number of hydrogen-bond donors (Lipinski definition) is 1. The van der Waals surface area contributed by atoms with Crippen molar-refractivity contribution in [1.29, 1.82) is 0 Å². The predicted molar refractivity (Wildman–Crippen MR) is 109 cm³/mol. The molecule has 4 rings (SSSR count). The van der Waals surface area contributed by atoms with Gasteiger partial charge in [0.05, 0.1) is 5.56 Å². The lowest BCUT2D eigenvalue weighted by molar-refractivity contribution is -0.133. The Kier molecular flexibility index (Phi) is 5.88. The van der Waals surface area contributed by atoms with Crippen LogP contribution in [-0.4, -0.2) is 36.2 Å². The van der Waals surface area contributed by atoms with Crippen LogP contribution >= 0.6 is 11.9 Å². The number of piperidine rings is 1. The Morgan fingerprint density at radius 3 is 2.66 bits per heavy atom. The van der Waals surface area contributed by atoms with Gasteiger partial charge in [-0.05, 0) is 66.8 Å². The maximum Gasteiger partial charge on any atom is 0.226 e. The minimum atomic E-state index is -0.734. The molecule has 2 aliphatic rings. The fourth-order valence-electron chi connectivity index (χ4n) is 4.31. The number of nitrogens with one attached hydrogen (secondary N) is 1. The molecule has 29 heavy (non-hydrogen) atoms. The highest BCUT2D eigenvalue weighted by Crippen LogP contribution is 2.52. The van der Waals surface area contributed by atoms with Crippen LogP contribution in [0.25, 0.3) is 11.1 Å². The van der Waals surface area contributed by atoms with Gasteiger partial charge in [-0.2, -0.15) is 0 Å². The second kappa shape index (κ2) is 8.40. The Labute approximate surface area is 172 Å². The average molecular weight is 421 g/mol. The van der Waals surface area contributed by atoms with E-state index in [-0.39, 0.29) is 34.9 Å². The number of hydrogen-bond acceptors (Lipinski definition) is 3. The van der Waals surface area contributed by atoms with Crippen molar-refractivity contribution in [1.82, 2.24) is 9.62 Å². The largest absolute Gasteiger partial charge is 0.341 e. The predicted octanol–water partition coefficient (Wildman–Crippen LogP) is 4.73. The molecule has 1 saturated carbocycles. The van der Waals surface area contributed by atoms with Gasteiger partial charge >= 0.3 is 0 Å². The lowest BCUT2D eigenvalue weighted by atomic mass is 9.94. The number of nitrogens with zero attached hydrogens (tertiary/aromatic N) is 1. The molecule has 2 aromatic carbocycles. The first kappa shape index (κ1) is 20.3. The molecule has 3 unspecified atom stereocenters. The van der Waals surface area contributed by atoms with Crippen molar-refractivity contribution >= 4 is 17.9 Å². The van der Waals surface area contributed by atoms with Crippen LogP contribution in [0, 0.1) is 23.4 Å². The van der Waals surface area contributed by atoms with Gasteiger partial charge in [0.15, 0.2) is 0 Å². The molecular formula is C22H23F3N2OS. The van der Waals surface area contributed by atoms with E-state index in [2.05, 4.69) is 4.72 Å². The molecule has 0 radical (unpaired) electrons. The highest BCUT2D eigenvalue weighted by molar-refractivity contribution is 7.96. The van der Waals surface area contributed by atoms with Gasteiger partial charge < -0.3 is 4.90 Å². The Hall–Kier alpha value is -1.99. The molecule has 1 heterocycles. The number of benzene rings is 2. The van der Waals surface area contributed by atoms with Crippen LogP contribution in [0.1, 0.15) is 30.7 Å². The Balaban J connectivity index is 1.57. The first-order valence-corrected chi connectivity index (χ1v) is 11.0. The third-order valence-electron chi connectivity index (χ3n) is 5.77. The van der Waals surface area contributed by atoms with E-state index in [0.29, 0.717) is 18.5 Å². The molecule has 1 aliphatic carbocycles. The number of likely N-dealkylation sites (tertiary alicyclic amines) is 1. The van der Waals surface area contributed by atoms with E-state index in [9.17, 15) is 18.0 Å². The van der Waals surface area contributed by atoms with Crippen molar-refractivity contribution in [3.8, 4) is 11.1 Å². The van der Waals surface area contributed by atoms with Gasteiger partial charge in [0.1, 0.15) is 17.5 Å². The summed E-state index contributed by atoms with van der Waals surface area (Å²) in [6.45, 7) is 1.40. The first-order chi connectivity index (χ1) is 14.0. The maximum atomic E-state index is 14.3. The van der Waals surface area contributed by atoms with Crippen LogP contribution in [0.2, 0.25) is 0 Å². The summed E-state index contributed by atoms with van der Waals surface area (Å²) in [4.78, 5) is 14.9. The fourth-order valence-corrected chi connectivity index (χ4v) is 4.84. The van der Waals surface area contributed by atoms with Gasteiger partial charge in [-0.3, -0.25) is 9.52 Å². The summed E-state index contributed by atoms with van der Waals surface area (Å²) in [5.74, 6) is -2.32. The van der Waals surface area contributed by atoms with Gasteiger partial charge in [0, 0.05) is 25.0 Å². The normalized spacial score (nSPS) is 23.9. The van der Waals surface area contributed by atoms with Crippen molar-refractivity contribution < 1.29 is 18.0 Å². The Morgan fingerprint density at radius 1 is 1.17 bits per heavy atom. The van der Waals surface area contributed by atoms with Crippen molar-refractivity contribution in [3.05, 3.63) is 59.4 Å². The molecule has 1 aliphatic heterocycles. The zero-order valence-electron chi connectivity index (χ0n) is 16.1. The highest BCUT2D eigenvalue weighted by atomic mass is 32.2. The van der Waals surface area contributed by atoms with Crippen LogP contribution in [0.5, 0.6) is 0 Å². The molecule has 2 fully saturated rings. The van der Waals surface area contributed by atoms with Crippen molar-refractivity contribution in [2.75, 3.05) is 19.3 Å². The molecule has 1 saturated heterocycles. The number of amides is 1. The quantitative estimate of drug-likeness (QED) is 0.710. The summed E-state index contributed by atoms with van der Waals surface area (Å²) in [5.41, 5.74) is 0.591. The third-order valence-corrected chi connectivity index (χ3v) is 6.34. The molecular weight excluding hydrogens is 397 g/mol. The Morgan fingerprint density at radius 2 is 1.93 bits per heavy atom. The molecule has 0 bridgehead atoms. The van der Waals surface area contributed by atoms with Crippen molar-refractivity contribution in [3.63, 3.8) is 0 Å². The van der Waals surface area contributed by atoms with E-state index < -0.39 is 17.5 Å². The highest BCUT2D eigenvalue weighted by Gasteiger charge is 2.47. The van der Waals surface area contributed by atoms with Crippen molar-refractivity contribution in [2.24, 2.45) is 5.92 Å². The van der Waals surface area contributed by atoms with Gasteiger partial charge in [-0.1, -0.05) is 24.1 Å². The van der Waals surface area contributed by atoms with E-state index >= 15 is 0 Å². The van der Waals surface area contributed by atoms with Crippen LogP contribution in [0.15, 0.2) is 36.4 Å². The van der Waals surface area contributed by atoms with E-state index in [4.69, 9.17) is 0 Å². The lowest BCUT2D eigenvalue weighted by Crippen LogP contribution is -2.46. The summed E-state index contributed by atoms with van der Waals surface area (Å²) in [6, 6.07) is 7.89. The van der Waals surface area contributed by atoms with Gasteiger partial charge in [-0.15, -0.1) is 0 Å². The number of carbonyl (C=O) groups excluding carboxylic acids is 1. The van der Waals surface area contributed by atoms with E-state index in [0.717, 1.165) is 37.6 Å². The van der Waals surface area contributed by atoms with Crippen LogP contribution < -0.4 is 4.72 Å². The fraction of sp³-hybridized carbons (Fsp3) is 0.409. The SMILES string of the molecule is CSNC1CCCN(C(=O)C2CC2c2ccc(F)cc2-c2c(F)cccc2F)C1. The molecule has 2 aromatic rings. The Bertz CT molecular complexity index is 901. The summed E-state index contributed by atoms with van der Waals surface area (Å²) < 4.78 is 45.9. The second-order valence-electron chi connectivity index (χ2n) is 7.72. The maximum absolute atomic E-state index is 14.3. The molecule has 0 aromatic heterocycles. The van der Waals surface area contributed by atoms with Gasteiger partial charge in [-0.25, -0.2) is 13.2 Å². The summed E-state index contributed by atoms with van der Waals surface area (Å²) in [5, 5.41) is 0. The summed E-state index contributed by atoms with van der Waals surface area (Å²) >= 11 is 1.55. The third kappa shape index (κ3) is 4.16. The molecule has 0 spiro atoms.